The van der Waals surface area contributed by atoms with Crippen LogP contribution < -0.4 is 16.0 Å². The summed E-state index contributed by atoms with van der Waals surface area (Å²) in [4.78, 5) is 68.2. The van der Waals surface area contributed by atoms with Crippen LogP contribution in [-0.4, -0.2) is 64.8 Å². The molecule has 3 aromatic carbocycles. The van der Waals surface area contributed by atoms with Crippen LogP contribution in [0.25, 0.3) is 0 Å². The number of ether oxygens (including phenoxy) is 3. The first-order chi connectivity index (χ1) is 24.8. The molecule has 274 valence electrons. The predicted molar refractivity (Wildman–Crippen MR) is 190 cm³/mol. The van der Waals surface area contributed by atoms with Gasteiger partial charge in [-0.05, 0) is 44.4 Å². The lowest BCUT2D eigenvalue weighted by Gasteiger charge is -2.37. The van der Waals surface area contributed by atoms with Gasteiger partial charge < -0.3 is 35.3 Å². The number of fused-ring (bicyclic) bond motifs is 1. The molecule has 0 aromatic heterocycles. The molecule has 3 aromatic rings. The monoisotopic (exact) mass is 711 g/mol. The lowest BCUT2D eigenvalue weighted by molar-refractivity contribution is -0.156. The summed E-state index contributed by atoms with van der Waals surface area (Å²) in [7, 11) is 0. The van der Waals surface area contributed by atoms with E-state index in [9.17, 15) is 29.1 Å². The molecular formula is C40H45N3O9. The van der Waals surface area contributed by atoms with Crippen molar-refractivity contribution in [3.63, 3.8) is 0 Å². The number of benzene rings is 3. The van der Waals surface area contributed by atoms with Crippen molar-refractivity contribution < 1.29 is 43.3 Å². The SMILES string of the molecule is C=COC(=O)[C@H]1[C@H]2[C@@H]1C(NC(=O)[C@H](CC(=O)NC(c1ccccc1)(c1ccccc1)c1ccccc1)NC(=O)OC(C)(C)C)(C(=O)OCC)C[C@@H]2O. The number of nitrogens with one attached hydrogen (secondary N) is 3. The highest BCUT2D eigenvalue weighted by atomic mass is 16.6. The number of carbonyl (C=O) groups is 5. The zero-order chi connectivity index (χ0) is 37.7. The maximum atomic E-state index is 14.4. The molecular weight excluding hydrogens is 666 g/mol. The highest BCUT2D eigenvalue weighted by Gasteiger charge is 2.76. The second-order valence-electron chi connectivity index (χ2n) is 14.0. The second kappa shape index (κ2) is 15.4. The zero-order valence-electron chi connectivity index (χ0n) is 29.7. The summed E-state index contributed by atoms with van der Waals surface area (Å²) in [5.41, 5.74) is -1.82. The van der Waals surface area contributed by atoms with Crippen molar-refractivity contribution >= 4 is 29.8 Å². The highest BCUT2D eigenvalue weighted by molar-refractivity contribution is 5.97. The molecule has 3 amide bonds. The van der Waals surface area contributed by atoms with Gasteiger partial charge in [0.25, 0.3) is 0 Å². The number of alkyl carbamates (subject to hydrolysis) is 1. The molecule has 5 rings (SSSR count). The molecule has 12 nitrogen and oxygen atoms in total. The van der Waals surface area contributed by atoms with Crippen molar-refractivity contribution in [2.24, 2.45) is 17.8 Å². The van der Waals surface area contributed by atoms with Crippen LogP contribution in [0, 0.1) is 17.8 Å². The van der Waals surface area contributed by atoms with Gasteiger partial charge in [0.15, 0.2) is 0 Å². The third kappa shape index (κ3) is 7.71. The smallest absolute Gasteiger partial charge is 0.408 e. The molecule has 0 aliphatic heterocycles. The molecule has 0 radical (unpaired) electrons. The average Bonchev–Trinajstić information content (AvgIpc) is 3.81. The van der Waals surface area contributed by atoms with Crippen molar-refractivity contribution in [3.05, 3.63) is 121 Å². The molecule has 2 saturated carbocycles. The molecule has 0 saturated heterocycles. The normalized spacial score (nSPS) is 22.5. The third-order valence-electron chi connectivity index (χ3n) is 9.42. The Hall–Kier alpha value is -5.49. The van der Waals surface area contributed by atoms with Crippen LogP contribution in [0.5, 0.6) is 0 Å². The molecule has 6 atom stereocenters. The number of rotatable bonds is 13. The Morgan fingerprint density at radius 2 is 1.42 bits per heavy atom. The third-order valence-corrected chi connectivity index (χ3v) is 9.42. The minimum Gasteiger partial charge on any atom is -0.464 e. The van der Waals surface area contributed by atoms with Crippen LogP contribution in [0.4, 0.5) is 4.79 Å². The number of hydrogen-bond acceptors (Lipinski definition) is 9. The van der Waals surface area contributed by atoms with Crippen molar-refractivity contribution in [1.82, 2.24) is 16.0 Å². The van der Waals surface area contributed by atoms with E-state index in [1.165, 1.54) is 0 Å². The van der Waals surface area contributed by atoms with Gasteiger partial charge in [0.05, 0.1) is 31.3 Å². The van der Waals surface area contributed by atoms with E-state index in [2.05, 4.69) is 22.5 Å². The molecule has 12 heteroatoms. The van der Waals surface area contributed by atoms with E-state index >= 15 is 0 Å². The Labute approximate surface area is 302 Å². The first-order valence-electron chi connectivity index (χ1n) is 17.2. The predicted octanol–water partition coefficient (Wildman–Crippen LogP) is 4.11. The first kappa shape index (κ1) is 37.8. The van der Waals surface area contributed by atoms with E-state index in [1.807, 2.05) is 91.0 Å². The molecule has 0 spiro atoms. The fourth-order valence-corrected chi connectivity index (χ4v) is 7.37. The van der Waals surface area contributed by atoms with Gasteiger partial charge in [-0.25, -0.2) is 9.59 Å². The lowest BCUT2D eigenvalue weighted by Crippen LogP contribution is -2.62. The second-order valence-corrected chi connectivity index (χ2v) is 14.0. The summed E-state index contributed by atoms with van der Waals surface area (Å²) in [5.74, 6) is -5.60. The van der Waals surface area contributed by atoms with Crippen molar-refractivity contribution in [2.75, 3.05) is 6.61 Å². The average molecular weight is 712 g/mol. The van der Waals surface area contributed by atoms with Gasteiger partial charge in [0.2, 0.25) is 11.8 Å². The number of hydrogen-bond donors (Lipinski definition) is 4. The van der Waals surface area contributed by atoms with Gasteiger partial charge in [-0.15, -0.1) is 0 Å². The molecule has 2 fully saturated rings. The minimum absolute atomic E-state index is 0.0474. The number of aliphatic hydroxyl groups excluding tert-OH is 1. The number of aliphatic hydroxyl groups is 1. The van der Waals surface area contributed by atoms with Gasteiger partial charge in [-0.1, -0.05) is 97.6 Å². The largest absolute Gasteiger partial charge is 0.464 e. The summed E-state index contributed by atoms with van der Waals surface area (Å²) in [6.07, 6.45) is -2.02. The maximum Gasteiger partial charge on any atom is 0.408 e. The molecule has 52 heavy (non-hydrogen) atoms. The number of carbonyl (C=O) groups excluding carboxylic acids is 5. The number of amides is 3. The molecule has 1 unspecified atom stereocenters. The van der Waals surface area contributed by atoms with Gasteiger partial charge in [-0.3, -0.25) is 14.4 Å². The Morgan fingerprint density at radius 1 is 0.904 bits per heavy atom. The van der Waals surface area contributed by atoms with Crippen LogP contribution in [0.3, 0.4) is 0 Å². The van der Waals surface area contributed by atoms with Gasteiger partial charge >= 0.3 is 18.0 Å². The fraction of sp³-hybridized carbons (Fsp3) is 0.375. The topological polar surface area (TPSA) is 169 Å². The minimum atomic E-state index is -1.85. The standard InChI is InChI=1S/C40H45N3O9/c1-6-50-35(47)32-31-29(44)24-39(33(31)32,36(48)51-7-2)43-34(46)28(41-37(49)52-38(3,4)5)23-30(45)42-40(25-17-11-8-12-18-25,26-19-13-9-14-20-26)27-21-15-10-16-22-27/h6,8-22,28-29,31-33,44H,1,7,23-24H2,2-5H3,(H,41,49)(H,42,45)(H,43,46)/t28-,29-,31-,32-,33-,39?/m0/s1. The summed E-state index contributed by atoms with van der Waals surface area (Å²) in [5, 5.41) is 19.3. The molecule has 2 aliphatic rings. The van der Waals surface area contributed by atoms with E-state index in [0.717, 1.165) is 23.0 Å². The first-order valence-corrected chi connectivity index (χ1v) is 17.2. The molecule has 0 heterocycles. The van der Waals surface area contributed by atoms with E-state index in [1.54, 1.807) is 27.7 Å². The molecule has 0 bridgehead atoms. The van der Waals surface area contributed by atoms with Crippen LogP contribution in [0.2, 0.25) is 0 Å². The van der Waals surface area contributed by atoms with E-state index in [0.29, 0.717) is 0 Å². The Bertz CT molecular complexity index is 1680. The Balaban J connectivity index is 1.52. The summed E-state index contributed by atoms with van der Waals surface area (Å²) in [6, 6.07) is 26.5. The van der Waals surface area contributed by atoms with Crippen LogP contribution >= 0.6 is 0 Å². The Morgan fingerprint density at radius 3 is 1.88 bits per heavy atom. The zero-order valence-corrected chi connectivity index (χ0v) is 29.7. The quantitative estimate of drug-likeness (QED) is 0.0883. The maximum absolute atomic E-state index is 14.4. The fourth-order valence-electron chi connectivity index (χ4n) is 7.37. The molecule has 4 N–H and O–H groups in total. The van der Waals surface area contributed by atoms with Gasteiger partial charge in [0, 0.05) is 18.3 Å². The number of esters is 2. The van der Waals surface area contributed by atoms with Crippen LogP contribution in [0.1, 0.15) is 57.2 Å². The van der Waals surface area contributed by atoms with Gasteiger partial charge in [0.1, 0.15) is 22.7 Å². The van der Waals surface area contributed by atoms with Crippen molar-refractivity contribution in [2.45, 2.75) is 69.4 Å². The molecule has 2 aliphatic carbocycles. The summed E-state index contributed by atoms with van der Waals surface area (Å²) >= 11 is 0. The van der Waals surface area contributed by atoms with E-state index in [4.69, 9.17) is 14.2 Å². The van der Waals surface area contributed by atoms with Crippen LogP contribution in [0.15, 0.2) is 104 Å². The van der Waals surface area contributed by atoms with E-state index in [-0.39, 0.29) is 13.0 Å². The highest BCUT2D eigenvalue weighted by Crippen LogP contribution is 2.63. The van der Waals surface area contributed by atoms with Crippen molar-refractivity contribution in [3.8, 4) is 0 Å². The van der Waals surface area contributed by atoms with Crippen LogP contribution in [-0.2, 0) is 38.9 Å². The summed E-state index contributed by atoms with van der Waals surface area (Å²) in [6.45, 7) is 9.88. The lowest BCUT2D eigenvalue weighted by atomic mass is 9.77. The van der Waals surface area contributed by atoms with Crippen molar-refractivity contribution in [1.29, 1.82) is 0 Å². The van der Waals surface area contributed by atoms with Gasteiger partial charge in [-0.2, -0.15) is 0 Å². The van der Waals surface area contributed by atoms with E-state index < -0.39 is 82.8 Å². The Kier molecular flexibility index (Phi) is 11.2. The summed E-state index contributed by atoms with van der Waals surface area (Å²) < 4.78 is 15.8.